The Hall–Kier alpha value is 0.290. The molecule has 80 valence electrons. The summed E-state index contributed by atoms with van der Waals surface area (Å²) in [5.41, 5.74) is 0. The molecule has 0 aromatic rings. The molecule has 0 aliphatic rings. The standard InChI is InChI=1S/C12H25Cl/c1-4-5-6-7-8-9-11(2)10-12(3)13/h11-12H,4-10H2,1-3H3. The van der Waals surface area contributed by atoms with Gasteiger partial charge in [-0.3, -0.25) is 0 Å². The summed E-state index contributed by atoms with van der Waals surface area (Å²) in [6.07, 6.45) is 9.50. The molecule has 13 heavy (non-hydrogen) atoms. The number of hydrogen-bond donors (Lipinski definition) is 0. The molecule has 2 unspecified atom stereocenters. The normalized spacial score (nSPS) is 15.7. The molecule has 0 aliphatic carbocycles. The van der Waals surface area contributed by atoms with E-state index >= 15 is 0 Å². The minimum atomic E-state index is 0.352. The van der Waals surface area contributed by atoms with Gasteiger partial charge in [-0.2, -0.15) is 0 Å². The summed E-state index contributed by atoms with van der Waals surface area (Å²) >= 11 is 5.94. The molecule has 0 N–H and O–H groups in total. The van der Waals surface area contributed by atoms with Gasteiger partial charge < -0.3 is 0 Å². The molecule has 0 fully saturated rings. The van der Waals surface area contributed by atoms with Crippen LogP contribution in [0.3, 0.4) is 0 Å². The zero-order valence-corrected chi connectivity index (χ0v) is 10.2. The van der Waals surface area contributed by atoms with Crippen molar-refractivity contribution in [3.63, 3.8) is 0 Å². The van der Waals surface area contributed by atoms with E-state index in [9.17, 15) is 0 Å². The van der Waals surface area contributed by atoms with E-state index in [-0.39, 0.29) is 0 Å². The van der Waals surface area contributed by atoms with E-state index in [1.165, 1.54) is 44.9 Å². The Morgan fingerprint density at radius 1 is 1.00 bits per heavy atom. The molecular formula is C12H25Cl. The van der Waals surface area contributed by atoms with Crippen LogP contribution < -0.4 is 0 Å². The first-order valence-corrected chi connectivity index (χ1v) is 6.24. The van der Waals surface area contributed by atoms with Gasteiger partial charge in [0.1, 0.15) is 0 Å². The third-order valence-corrected chi connectivity index (χ3v) is 2.71. The van der Waals surface area contributed by atoms with Crippen LogP contribution in [0, 0.1) is 5.92 Å². The third kappa shape index (κ3) is 10.2. The van der Waals surface area contributed by atoms with E-state index in [0.717, 1.165) is 5.92 Å². The van der Waals surface area contributed by atoms with Crippen LogP contribution in [0.1, 0.15) is 65.7 Å². The van der Waals surface area contributed by atoms with Crippen LogP contribution >= 0.6 is 11.6 Å². The second-order valence-corrected chi connectivity index (χ2v) is 5.07. The van der Waals surface area contributed by atoms with Crippen LogP contribution in [-0.2, 0) is 0 Å². The van der Waals surface area contributed by atoms with Gasteiger partial charge in [0.25, 0.3) is 0 Å². The highest BCUT2D eigenvalue weighted by Crippen LogP contribution is 2.17. The zero-order chi connectivity index (χ0) is 10.1. The summed E-state index contributed by atoms with van der Waals surface area (Å²) in [6.45, 7) is 6.67. The van der Waals surface area contributed by atoms with E-state index in [1.807, 2.05) is 0 Å². The van der Waals surface area contributed by atoms with Gasteiger partial charge in [0.15, 0.2) is 0 Å². The van der Waals surface area contributed by atoms with Crippen LogP contribution in [0.15, 0.2) is 0 Å². The number of hydrogen-bond acceptors (Lipinski definition) is 0. The first-order valence-electron chi connectivity index (χ1n) is 5.80. The van der Waals surface area contributed by atoms with Crippen LogP contribution in [-0.4, -0.2) is 5.38 Å². The Morgan fingerprint density at radius 3 is 2.15 bits per heavy atom. The molecular weight excluding hydrogens is 180 g/mol. The van der Waals surface area contributed by atoms with Crippen LogP contribution in [0.2, 0.25) is 0 Å². The molecule has 0 bridgehead atoms. The summed E-state index contributed by atoms with van der Waals surface area (Å²) in [4.78, 5) is 0. The third-order valence-electron chi connectivity index (χ3n) is 2.53. The fraction of sp³-hybridized carbons (Fsp3) is 1.00. The highest BCUT2D eigenvalue weighted by atomic mass is 35.5. The van der Waals surface area contributed by atoms with Gasteiger partial charge in [0, 0.05) is 5.38 Å². The predicted octanol–water partition coefficient (Wildman–Crippen LogP) is 5.00. The number of rotatable bonds is 8. The lowest BCUT2D eigenvalue weighted by Gasteiger charge is -2.12. The van der Waals surface area contributed by atoms with Crippen molar-refractivity contribution in [2.75, 3.05) is 0 Å². The Bertz CT molecular complexity index is 99.3. The smallest absolute Gasteiger partial charge is 0.0310 e. The van der Waals surface area contributed by atoms with Crippen molar-refractivity contribution in [1.29, 1.82) is 0 Å². The molecule has 0 aromatic heterocycles. The van der Waals surface area contributed by atoms with Crippen molar-refractivity contribution in [1.82, 2.24) is 0 Å². The Kier molecular flexibility index (Phi) is 9.07. The van der Waals surface area contributed by atoms with E-state index in [4.69, 9.17) is 11.6 Å². The summed E-state index contributed by atoms with van der Waals surface area (Å²) < 4.78 is 0. The van der Waals surface area contributed by atoms with Gasteiger partial charge in [-0.1, -0.05) is 52.4 Å². The largest absolute Gasteiger partial charge is 0.123 e. The van der Waals surface area contributed by atoms with E-state index < -0.39 is 0 Å². The number of alkyl halides is 1. The number of halogens is 1. The lowest BCUT2D eigenvalue weighted by molar-refractivity contribution is 0.455. The van der Waals surface area contributed by atoms with Gasteiger partial charge in [-0.15, -0.1) is 11.6 Å². The molecule has 0 saturated heterocycles. The maximum atomic E-state index is 5.94. The molecule has 0 nitrogen and oxygen atoms in total. The lowest BCUT2D eigenvalue weighted by atomic mass is 9.98. The maximum Gasteiger partial charge on any atom is 0.0310 e. The SMILES string of the molecule is CCCCCCCC(C)CC(C)Cl. The van der Waals surface area contributed by atoms with Crippen molar-refractivity contribution >= 4 is 11.6 Å². The molecule has 0 spiro atoms. The highest BCUT2D eigenvalue weighted by molar-refractivity contribution is 6.20. The summed E-state index contributed by atoms with van der Waals surface area (Å²) in [6, 6.07) is 0. The molecule has 0 rings (SSSR count). The van der Waals surface area contributed by atoms with E-state index in [0.29, 0.717) is 5.38 Å². The van der Waals surface area contributed by atoms with Crippen LogP contribution in [0.4, 0.5) is 0 Å². The summed E-state index contributed by atoms with van der Waals surface area (Å²) in [5, 5.41) is 0.352. The molecule has 0 aliphatic heterocycles. The van der Waals surface area contributed by atoms with E-state index in [1.54, 1.807) is 0 Å². The fourth-order valence-electron chi connectivity index (χ4n) is 1.77. The molecule has 0 amide bonds. The summed E-state index contributed by atoms with van der Waals surface area (Å²) in [7, 11) is 0. The molecule has 0 saturated carbocycles. The minimum absolute atomic E-state index is 0.352. The number of unbranched alkanes of at least 4 members (excludes halogenated alkanes) is 4. The van der Waals surface area contributed by atoms with Crippen LogP contribution in [0.5, 0.6) is 0 Å². The van der Waals surface area contributed by atoms with Crippen molar-refractivity contribution in [3.8, 4) is 0 Å². The molecule has 1 heteroatoms. The minimum Gasteiger partial charge on any atom is -0.123 e. The van der Waals surface area contributed by atoms with Crippen LogP contribution in [0.25, 0.3) is 0 Å². The molecule has 0 radical (unpaired) electrons. The monoisotopic (exact) mass is 204 g/mol. The molecule has 0 aromatic carbocycles. The van der Waals surface area contributed by atoms with Gasteiger partial charge in [-0.05, 0) is 19.3 Å². The Morgan fingerprint density at radius 2 is 1.62 bits per heavy atom. The van der Waals surface area contributed by atoms with Crippen molar-refractivity contribution < 1.29 is 0 Å². The first-order chi connectivity index (χ1) is 6.16. The van der Waals surface area contributed by atoms with Crippen molar-refractivity contribution in [2.45, 2.75) is 71.1 Å². The van der Waals surface area contributed by atoms with Crippen molar-refractivity contribution in [2.24, 2.45) is 5.92 Å². The van der Waals surface area contributed by atoms with Gasteiger partial charge in [0.2, 0.25) is 0 Å². The molecule has 2 atom stereocenters. The molecule has 0 heterocycles. The predicted molar refractivity (Wildman–Crippen MR) is 62.5 cm³/mol. The van der Waals surface area contributed by atoms with Gasteiger partial charge in [0.05, 0.1) is 0 Å². The fourth-order valence-corrected chi connectivity index (χ4v) is 2.07. The lowest BCUT2D eigenvalue weighted by Crippen LogP contribution is -2.01. The zero-order valence-electron chi connectivity index (χ0n) is 9.48. The second-order valence-electron chi connectivity index (χ2n) is 4.32. The average Bonchev–Trinajstić information content (AvgIpc) is 2.02. The Balaban J connectivity index is 3.12. The topological polar surface area (TPSA) is 0 Å². The average molecular weight is 205 g/mol. The van der Waals surface area contributed by atoms with Crippen molar-refractivity contribution in [3.05, 3.63) is 0 Å². The quantitative estimate of drug-likeness (QED) is 0.386. The Labute approximate surface area is 89.1 Å². The highest BCUT2D eigenvalue weighted by Gasteiger charge is 2.05. The summed E-state index contributed by atoms with van der Waals surface area (Å²) in [5.74, 6) is 0.814. The van der Waals surface area contributed by atoms with E-state index in [2.05, 4.69) is 20.8 Å². The first kappa shape index (κ1) is 13.3. The second kappa shape index (κ2) is 8.87. The maximum absolute atomic E-state index is 5.94. The van der Waals surface area contributed by atoms with Gasteiger partial charge >= 0.3 is 0 Å². The van der Waals surface area contributed by atoms with Gasteiger partial charge in [-0.25, -0.2) is 0 Å².